The number of likely N-dealkylation sites (N-methyl/N-ethyl adjacent to an activating group) is 1. The number of carbonyl (C=O) groups is 1. The average Bonchev–Trinajstić information content (AvgIpc) is 2.72. The van der Waals surface area contributed by atoms with Gasteiger partial charge < -0.3 is 15.3 Å². The van der Waals surface area contributed by atoms with E-state index < -0.39 is 5.60 Å². The Morgan fingerprint density at radius 2 is 2.20 bits per heavy atom. The van der Waals surface area contributed by atoms with Crippen molar-refractivity contribution in [2.24, 2.45) is 0 Å². The normalized spacial score (nSPS) is 11.4. The highest BCUT2D eigenvalue weighted by atomic mass is 32.1. The molecule has 0 spiro atoms. The minimum Gasteiger partial charge on any atom is -0.389 e. The Kier molecular flexibility index (Phi) is 6.42. The summed E-state index contributed by atoms with van der Waals surface area (Å²) in [6.45, 7) is 6.34. The Morgan fingerprint density at radius 1 is 1.50 bits per heavy atom. The largest absolute Gasteiger partial charge is 0.389 e. The van der Waals surface area contributed by atoms with Gasteiger partial charge in [0, 0.05) is 24.7 Å². The van der Waals surface area contributed by atoms with E-state index in [1.54, 1.807) is 32.2 Å². The lowest BCUT2D eigenvalue weighted by molar-refractivity contribution is 0.0532. The van der Waals surface area contributed by atoms with Crippen LogP contribution in [0.25, 0.3) is 0 Å². The average molecular weight is 299 g/mol. The number of hydrogen-bond donors (Lipinski definition) is 2. The number of urea groups is 1. The fraction of sp³-hybridized carbons (Fsp3) is 0.714. The van der Waals surface area contributed by atoms with Crippen LogP contribution in [0.5, 0.6) is 0 Å². The molecule has 2 N–H and O–H groups in total. The summed E-state index contributed by atoms with van der Waals surface area (Å²) in [4.78, 5) is 17.7. The van der Waals surface area contributed by atoms with Crippen molar-refractivity contribution in [2.45, 2.75) is 45.6 Å². The van der Waals surface area contributed by atoms with E-state index in [0.717, 1.165) is 30.0 Å². The molecule has 1 aromatic rings. The fourth-order valence-corrected chi connectivity index (χ4v) is 2.72. The number of nitrogens with zero attached hydrogens (tertiary/aromatic N) is 2. The number of aryl methyl sites for hydroxylation is 2. The highest BCUT2D eigenvalue weighted by Gasteiger charge is 2.18. The van der Waals surface area contributed by atoms with Gasteiger partial charge in [0.2, 0.25) is 0 Å². The number of unbranched alkanes of at least 4 members (excludes halogenated alkanes) is 1. The van der Waals surface area contributed by atoms with Crippen LogP contribution >= 0.6 is 11.3 Å². The number of carbonyl (C=O) groups excluding carboxylic acids is 1. The van der Waals surface area contributed by atoms with Gasteiger partial charge in [-0.1, -0.05) is 0 Å². The van der Waals surface area contributed by atoms with E-state index in [-0.39, 0.29) is 6.03 Å². The molecule has 0 saturated heterocycles. The molecule has 0 aromatic carbocycles. The molecule has 1 heterocycles. The Hall–Kier alpha value is -1.14. The molecule has 114 valence electrons. The van der Waals surface area contributed by atoms with Gasteiger partial charge in [-0.05, 0) is 40.0 Å². The molecule has 20 heavy (non-hydrogen) atoms. The number of amides is 2. The quantitative estimate of drug-likeness (QED) is 0.759. The lowest BCUT2D eigenvalue weighted by Gasteiger charge is -2.25. The first kappa shape index (κ1) is 16.9. The standard InChI is InChI=1S/C14H25N3O2S/c1-11-9-20-12(16-11)7-5-6-8-15-13(18)17(4)10-14(2,3)19/h9,19H,5-8,10H2,1-4H3,(H,15,18). The minimum atomic E-state index is -0.866. The summed E-state index contributed by atoms with van der Waals surface area (Å²) >= 11 is 1.69. The van der Waals surface area contributed by atoms with Gasteiger partial charge in [-0.15, -0.1) is 11.3 Å². The summed E-state index contributed by atoms with van der Waals surface area (Å²) in [7, 11) is 1.69. The van der Waals surface area contributed by atoms with Crippen LogP contribution in [0.15, 0.2) is 5.38 Å². The molecule has 0 bridgehead atoms. The van der Waals surface area contributed by atoms with Gasteiger partial charge in [0.1, 0.15) is 0 Å². The van der Waals surface area contributed by atoms with Crippen LogP contribution in [-0.4, -0.2) is 46.8 Å². The van der Waals surface area contributed by atoms with Crippen molar-refractivity contribution in [3.63, 3.8) is 0 Å². The summed E-state index contributed by atoms with van der Waals surface area (Å²) in [6.07, 6.45) is 2.91. The molecule has 0 atom stereocenters. The number of aromatic nitrogens is 1. The molecule has 0 radical (unpaired) electrons. The van der Waals surface area contributed by atoms with E-state index in [0.29, 0.717) is 13.1 Å². The third kappa shape index (κ3) is 6.86. The van der Waals surface area contributed by atoms with Gasteiger partial charge in [0.15, 0.2) is 0 Å². The topological polar surface area (TPSA) is 65.5 Å². The maximum Gasteiger partial charge on any atom is 0.317 e. The second-order valence-corrected chi connectivity index (χ2v) is 6.68. The second-order valence-electron chi connectivity index (χ2n) is 5.74. The third-order valence-corrected chi connectivity index (χ3v) is 3.76. The van der Waals surface area contributed by atoms with Gasteiger partial charge in [-0.25, -0.2) is 9.78 Å². The SMILES string of the molecule is Cc1csc(CCCCNC(=O)N(C)CC(C)(C)O)n1. The number of aliphatic hydroxyl groups is 1. The lowest BCUT2D eigenvalue weighted by Crippen LogP contribution is -2.44. The molecule has 0 saturated carbocycles. The zero-order chi connectivity index (χ0) is 15.2. The van der Waals surface area contributed by atoms with E-state index in [2.05, 4.69) is 15.7 Å². The molecule has 0 aliphatic carbocycles. The molecule has 0 fully saturated rings. The Balaban J connectivity index is 2.13. The zero-order valence-electron chi connectivity index (χ0n) is 12.8. The van der Waals surface area contributed by atoms with Crippen molar-refractivity contribution in [1.29, 1.82) is 0 Å². The molecule has 0 aliphatic rings. The third-order valence-electron chi connectivity index (χ3n) is 2.73. The lowest BCUT2D eigenvalue weighted by atomic mass is 10.1. The zero-order valence-corrected chi connectivity index (χ0v) is 13.6. The summed E-state index contributed by atoms with van der Waals surface area (Å²) < 4.78 is 0. The van der Waals surface area contributed by atoms with E-state index in [1.807, 2.05) is 6.92 Å². The van der Waals surface area contributed by atoms with Crippen LogP contribution in [0.1, 0.15) is 37.4 Å². The van der Waals surface area contributed by atoms with Crippen molar-refractivity contribution in [3.8, 4) is 0 Å². The molecule has 6 heteroatoms. The first-order valence-corrected chi connectivity index (χ1v) is 7.78. The van der Waals surface area contributed by atoms with E-state index in [4.69, 9.17) is 0 Å². The van der Waals surface area contributed by atoms with Crippen LogP contribution in [0.3, 0.4) is 0 Å². The van der Waals surface area contributed by atoms with Crippen LogP contribution in [-0.2, 0) is 6.42 Å². The summed E-state index contributed by atoms with van der Waals surface area (Å²) in [5.41, 5.74) is 0.209. The fourth-order valence-electron chi connectivity index (χ4n) is 1.90. The van der Waals surface area contributed by atoms with Crippen LogP contribution < -0.4 is 5.32 Å². The van der Waals surface area contributed by atoms with E-state index in [9.17, 15) is 9.90 Å². The second kappa shape index (κ2) is 7.59. The number of rotatable bonds is 7. The van der Waals surface area contributed by atoms with Crippen molar-refractivity contribution in [1.82, 2.24) is 15.2 Å². The molecular formula is C14H25N3O2S. The number of thiazole rings is 1. The molecule has 1 aromatic heterocycles. The van der Waals surface area contributed by atoms with Crippen LogP contribution in [0.2, 0.25) is 0 Å². The van der Waals surface area contributed by atoms with Crippen molar-refractivity contribution >= 4 is 17.4 Å². The van der Waals surface area contributed by atoms with Gasteiger partial charge in [0.25, 0.3) is 0 Å². The molecule has 0 aliphatic heterocycles. The van der Waals surface area contributed by atoms with Crippen LogP contribution in [0, 0.1) is 6.92 Å². The summed E-state index contributed by atoms with van der Waals surface area (Å²) in [6, 6.07) is -0.141. The van der Waals surface area contributed by atoms with Gasteiger partial charge >= 0.3 is 6.03 Å². The Bertz CT molecular complexity index is 426. The van der Waals surface area contributed by atoms with Gasteiger partial charge in [0.05, 0.1) is 17.2 Å². The molecular weight excluding hydrogens is 274 g/mol. The van der Waals surface area contributed by atoms with E-state index >= 15 is 0 Å². The number of nitrogens with one attached hydrogen (secondary N) is 1. The predicted octanol–water partition coefficient (Wildman–Crippen LogP) is 2.19. The highest BCUT2D eigenvalue weighted by Crippen LogP contribution is 2.11. The van der Waals surface area contributed by atoms with Gasteiger partial charge in [-0.2, -0.15) is 0 Å². The maximum atomic E-state index is 11.8. The molecule has 2 amide bonds. The number of hydrogen-bond acceptors (Lipinski definition) is 4. The van der Waals surface area contributed by atoms with Crippen molar-refractivity contribution < 1.29 is 9.90 Å². The summed E-state index contributed by atoms with van der Waals surface area (Å²) in [5.74, 6) is 0. The first-order valence-electron chi connectivity index (χ1n) is 6.90. The Morgan fingerprint density at radius 3 is 2.75 bits per heavy atom. The van der Waals surface area contributed by atoms with Gasteiger partial charge in [-0.3, -0.25) is 0 Å². The Labute approximate surface area is 125 Å². The van der Waals surface area contributed by atoms with Crippen molar-refractivity contribution in [3.05, 3.63) is 16.1 Å². The first-order chi connectivity index (χ1) is 9.28. The molecule has 0 unspecified atom stereocenters. The monoisotopic (exact) mass is 299 g/mol. The molecule has 5 nitrogen and oxygen atoms in total. The smallest absolute Gasteiger partial charge is 0.317 e. The van der Waals surface area contributed by atoms with Crippen LogP contribution in [0.4, 0.5) is 4.79 Å². The highest BCUT2D eigenvalue weighted by molar-refractivity contribution is 7.09. The summed E-state index contributed by atoms with van der Waals surface area (Å²) in [5, 5.41) is 15.7. The van der Waals surface area contributed by atoms with Crippen molar-refractivity contribution in [2.75, 3.05) is 20.1 Å². The van der Waals surface area contributed by atoms with E-state index in [1.165, 1.54) is 4.90 Å². The molecule has 1 rings (SSSR count). The minimum absolute atomic E-state index is 0.141. The predicted molar refractivity (Wildman–Crippen MR) is 82.1 cm³/mol. The maximum absolute atomic E-state index is 11.8.